The number of carboxylic acid groups (broad SMARTS) is 1. The number of nitrogen functional groups attached to an aromatic ring is 1. The fourth-order valence-corrected chi connectivity index (χ4v) is 4.35. The van der Waals surface area contributed by atoms with Crippen molar-refractivity contribution in [2.45, 2.75) is 16.6 Å². The van der Waals surface area contributed by atoms with Gasteiger partial charge in [0.15, 0.2) is 0 Å². The number of aliphatic carboxylic acids is 1. The Balaban J connectivity index is 1.83. The predicted octanol–water partition coefficient (Wildman–Crippen LogP) is -1.94. The fraction of sp³-hybridized carbons (Fsp3) is 0.444. The summed E-state index contributed by atoms with van der Waals surface area (Å²) in [5.41, 5.74) is 6.31. The van der Waals surface area contributed by atoms with Gasteiger partial charge in [-0.2, -0.15) is 0 Å². The zero-order valence-corrected chi connectivity index (χ0v) is 12.2. The van der Waals surface area contributed by atoms with Crippen LogP contribution in [0.5, 0.6) is 0 Å². The average molecular weight is 329 g/mol. The highest BCUT2D eigenvalue weighted by molar-refractivity contribution is 8.01. The second kappa shape index (κ2) is 5.20. The zero-order chi connectivity index (χ0) is 15.1. The van der Waals surface area contributed by atoms with Crippen molar-refractivity contribution in [1.82, 2.24) is 25.2 Å². The zero-order valence-electron chi connectivity index (χ0n) is 10.5. The van der Waals surface area contributed by atoms with E-state index in [-0.39, 0.29) is 17.0 Å². The third-order valence-electron chi connectivity index (χ3n) is 3.13. The van der Waals surface area contributed by atoms with Crippen molar-refractivity contribution in [3.63, 3.8) is 0 Å². The molecule has 10 nitrogen and oxygen atoms in total. The molecule has 1 aromatic rings. The number of rotatable bonds is 4. The van der Waals surface area contributed by atoms with Crippen LogP contribution in [0.4, 0.5) is 0 Å². The number of carbonyl (C=O) groups is 2. The summed E-state index contributed by atoms with van der Waals surface area (Å²) >= 11 is 2.66. The molecule has 12 heteroatoms. The minimum Gasteiger partial charge on any atom is -0.477 e. The number of nitrogens with two attached hydrogens (primary N) is 2. The number of aromatic nitrogens is 4. The molecule has 5 N–H and O–H groups in total. The lowest BCUT2D eigenvalue weighted by Crippen LogP contribution is -2.68. The number of nitrogens with zero attached hydrogens (tertiary/aromatic N) is 5. The summed E-state index contributed by atoms with van der Waals surface area (Å²) in [5.74, 6) is 4.81. The third-order valence-corrected chi connectivity index (χ3v) is 5.51. The van der Waals surface area contributed by atoms with E-state index in [1.54, 1.807) is 0 Å². The summed E-state index contributed by atoms with van der Waals surface area (Å²) in [5, 5.41) is 20.0. The molecule has 3 heterocycles. The Hall–Kier alpha value is -1.79. The summed E-state index contributed by atoms with van der Waals surface area (Å²) in [7, 11) is 0. The summed E-state index contributed by atoms with van der Waals surface area (Å²) in [6, 6.07) is -0.630. The van der Waals surface area contributed by atoms with Gasteiger partial charge >= 0.3 is 5.97 Å². The van der Waals surface area contributed by atoms with Gasteiger partial charge in [-0.05, 0) is 16.0 Å². The molecule has 3 rings (SSSR count). The molecule has 21 heavy (non-hydrogen) atoms. The van der Waals surface area contributed by atoms with Crippen LogP contribution in [0.2, 0.25) is 0 Å². The summed E-state index contributed by atoms with van der Waals surface area (Å²) in [4.78, 5) is 25.5. The van der Waals surface area contributed by atoms with Crippen LogP contribution in [0, 0.1) is 0 Å². The first-order valence-corrected chi connectivity index (χ1v) is 7.86. The number of fused-ring (bicyclic) bond motifs is 1. The van der Waals surface area contributed by atoms with E-state index in [0.29, 0.717) is 22.2 Å². The Morgan fingerprint density at radius 3 is 2.95 bits per heavy atom. The van der Waals surface area contributed by atoms with Crippen molar-refractivity contribution >= 4 is 35.4 Å². The highest BCUT2D eigenvalue weighted by Gasteiger charge is 2.51. The van der Waals surface area contributed by atoms with Crippen LogP contribution >= 0.6 is 23.5 Å². The summed E-state index contributed by atoms with van der Waals surface area (Å²) < 4.78 is 0. The number of hydrogen-bond acceptors (Lipinski definition) is 9. The lowest BCUT2D eigenvalue weighted by Gasteiger charge is -2.48. The largest absolute Gasteiger partial charge is 0.477 e. The normalized spacial score (nSPS) is 24.8. The van der Waals surface area contributed by atoms with Crippen LogP contribution in [0.1, 0.15) is 0 Å². The van der Waals surface area contributed by atoms with E-state index in [1.807, 2.05) is 0 Å². The van der Waals surface area contributed by atoms with Crippen molar-refractivity contribution in [3.05, 3.63) is 11.3 Å². The predicted molar refractivity (Wildman–Crippen MR) is 74.4 cm³/mol. The number of hydrogen-bond donors (Lipinski definition) is 3. The molecular formula is C9H11N7O3S2. The van der Waals surface area contributed by atoms with Gasteiger partial charge in [-0.15, -0.1) is 16.6 Å². The van der Waals surface area contributed by atoms with E-state index in [1.165, 1.54) is 28.4 Å². The van der Waals surface area contributed by atoms with Crippen LogP contribution in [0.25, 0.3) is 0 Å². The van der Waals surface area contributed by atoms with E-state index in [2.05, 4.69) is 15.5 Å². The van der Waals surface area contributed by atoms with Gasteiger partial charge in [0.1, 0.15) is 17.1 Å². The van der Waals surface area contributed by atoms with Gasteiger partial charge in [0, 0.05) is 11.5 Å². The minimum atomic E-state index is -1.14. The first-order chi connectivity index (χ1) is 10.0. The highest BCUT2D eigenvalue weighted by atomic mass is 32.2. The Bertz CT molecular complexity index is 645. The molecular weight excluding hydrogens is 318 g/mol. The summed E-state index contributed by atoms with van der Waals surface area (Å²) in [6.45, 7) is 0. The Labute approximate surface area is 126 Å². The molecule has 1 amide bonds. The van der Waals surface area contributed by atoms with Crippen molar-refractivity contribution < 1.29 is 14.7 Å². The minimum absolute atomic E-state index is 0.00833. The Morgan fingerprint density at radius 2 is 2.33 bits per heavy atom. The van der Waals surface area contributed by atoms with Gasteiger partial charge in [-0.3, -0.25) is 9.69 Å². The fourth-order valence-electron chi connectivity index (χ4n) is 2.12. The lowest BCUT2D eigenvalue weighted by atomic mass is 10.0. The molecule has 1 aromatic heterocycles. The third kappa shape index (κ3) is 2.24. The molecule has 0 radical (unpaired) electrons. The van der Waals surface area contributed by atoms with Crippen molar-refractivity contribution in [2.24, 2.45) is 5.73 Å². The van der Waals surface area contributed by atoms with Crippen LogP contribution in [-0.4, -0.2) is 65.1 Å². The molecule has 1 saturated heterocycles. The van der Waals surface area contributed by atoms with Gasteiger partial charge in [0.2, 0.25) is 11.1 Å². The first kappa shape index (κ1) is 14.2. The quantitative estimate of drug-likeness (QED) is 0.323. The van der Waals surface area contributed by atoms with Crippen LogP contribution < -0.4 is 11.6 Å². The standard InChI is InChI=1S/C9H11N7O3S2/c10-4-6(17)15-5(8(18)19)3(1-20-7(4)15)2-21-9-12-13-14-16(9)11/h4,7H,1-2,10-11H2,(H,18,19)/t4-,7-/m1/s1. The monoisotopic (exact) mass is 329 g/mol. The average Bonchev–Trinajstić information content (AvgIpc) is 2.88. The van der Waals surface area contributed by atoms with Gasteiger partial charge in [-0.25, -0.2) is 4.79 Å². The van der Waals surface area contributed by atoms with Gasteiger partial charge in [-0.1, -0.05) is 16.9 Å². The van der Waals surface area contributed by atoms with Crippen molar-refractivity contribution in [2.75, 3.05) is 17.3 Å². The topological polar surface area (TPSA) is 153 Å². The summed E-state index contributed by atoms with van der Waals surface area (Å²) in [6.07, 6.45) is 0. The van der Waals surface area contributed by atoms with Gasteiger partial charge in [0.25, 0.3) is 0 Å². The number of β-lactam (4-membered cyclic amide) rings is 1. The lowest BCUT2D eigenvalue weighted by molar-refractivity contribution is -0.147. The number of thioether (sulfide) groups is 2. The molecule has 0 saturated carbocycles. The molecule has 2 aliphatic rings. The highest BCUT2D eigenvalue weighted by Crippen LogP contribution is 2.40. The van der Waals surface area contributed by atoms with E-state index < -0.39 is 12.0 Å². The number of carboxylic acids is 1. The molecule has 1 fully saturated rings. The molecule has 2 aliphatic heterocycles. The molecule has 0 spiro atoms. The maximum atomic E-state index is 11.8. The van der Waals surface area contributed by atoms with E-state index >= 15 is 0 Å². The van der Waals surface area contributed by atoms with E-state index in [4.69, 9.17) is 11.6 Å². The SMILES string of the molecule is N[C@@H]1C(=O)N2C(C(=O)O)=C(CSc3nnnn3N)CS[C@H]12. The molecule has 0 unspecified atom stereocenters. The number of carbonyl (C=O) groups excluding carboxylic acids is 1. The second-order valence-corrected chi connectivity index (χ2v) is 6.44. The van der Waals surface area contributed by atoms with Crippen LogP contribution in [0.15, 0.2) is 16.4 Å². The maximum absolute atomic E-state index is 11.8. The van der Waals surface area contributed by atoms with Crippen molar-refractivity contribution in [1.29, 1.82) is 0 Å². The smallest absolute Gasteiger partial charge is 0.352 e. The maximum Gasteiger partial charge on any atom is 0.352 e. The van der Waals surface area contributed by atoms with Crippen LogP contribution in [-0.2, 0) is 9.59 Å². The van der Waals surface area contributed by atoms with Crippen molar-refractivity contribution in [3.8, 4) is 0 Å². The second-order valence-electron chi connectivity index (χ2n) is 4.39. The molecule has 112 valence electrons. The molecule has 2 atom stereocenters. The molecule has 0 aromatic carbocycles. The molecule has 0 aliphatic carbocycles. The number of amides is 1. The Kier molecular flexibility index (Phi) is 3.51. The number of tetrazole rings is 1. The Morgan fingerprint density at radius 1 is 1.57 bits per heavy atom. The van der Waals surface area contributed by atoms with Gasteiger partial charge in [0.05, 0.1) is 0 Å². The van der Waals surface area contributed by atoms with Gasteiger partial charge < -0.3 is 16.7 Å². The van der Waals surface area contributed by atoms with E-state index in [0.717, 1.165) is 4.79 Å². The van der Waals surface area contributed by atoms with Crippen LogP contribution in [0.3, 0.4) is 0 Å². The first-order valence-electron chi connectivity index (χ1n) is 5.82. The van der Waals surface area contributed by atoms with E-state index in [9.17, 15) is 14.7 Å². The molecule has 0 bridgehead atoms.